The second-order valence-corrected chi connectivity index (χ2v) is 10.4. The number of aromatic nitrogens is 1. The molecule has 34 heavy (non-hydrogen) atoms. The molecular weight excluding hydrogens is 477 g/mol. The molecule has 4 aromatic rings. The van der Waals surface area contributed by atoms with Gasteiger partial charge in [0.15, 0.2) is 5.13 Å². The number of nitrogens with zero attached hydrogens (tertiary/aromatic N) is 2. The van der Waals surface area contributed by atoms with Crippen molar-refractivity contribution < 1.29 is 18.8 Å². The Kier molecular flexibility index (Phi) is 6.45. The summed E-state index contributed by atoms with van der Waals surface area (Å²) in [5.41, 5.74) is 2.38. The number of nitrogens with one attached hydrogen (secondary N) is 1. The normalized spacial score (nSPS) is 11.3. The SMILES string of the molecule is CC(C)(C)c1ccc(-c2nc(NC(=O)c3ccc([N+](=O)[O-])s3)sc2Oc2cccc(F)c2)cc1. The number of hydrogen-bond donors (Lipinski definition) is 1. The molecule has 10 heteroatoms. The summed E-state index contributed by atoms with van der Waals surface area (Å²) >= 11 is 1.86. The van der Waals surface area contributed by atoms with Gasteiger partial charge >= 0.3 is 5.00 Å². The summed E-state index contributed by atoms with van der Waals surface area (Å²) in [5, 5.41) is 14.1. The van der Waals surface area contributed by atoms with Gasteiger partial charge in [-0.25, -0.2) is 9.37 Å². The summed E-state index contributed by atoms with van der Waals surface area (Å²) in [6.07, 6.45) is 0. The number of amides is 1. The van der Waals surface area contributed by atoms with Gasteiger partial charge in [-0.15, -0.1) is 0 Å². The predicted molar refractivity (Wildman–Crippen MR) is 132 cm³/mol. The molecule has 0 spiro atoms. The van der Waals surface area contributed by atoms with E-state index in [0.29, 0.717) is 16.5 Å². The first-order valence-electron chi connectivity index (χ1n) is 10.2. The molecule has 1 amide bonds. The lowest BCUT2D eigenvalue weighted by atomic mass is 9.86. The van der Waals surface area contributed by atoms with Crippen LogP contribution in [0, 0.1) is 15.9 Å². The van der Waals surface area contributed by atoms with E-state index in [-0.39, 0.29) is 20.4 Å². The second kappa shape index (κ2) is 9.32. The van der Waals surface area contributed by atoms with Crippen molar-refractivity contribution in [2.75, 3.05) is 5.32 Å². The fourth-order valence-corrected chi connectivity index (χ4v) is 4.65. The maximum absolute atomic E-state index is 13.7. The van der Waals surface area contributed by atoms with E-state index >= 15 is 0 Å². The quantitative estimate of drug-likeness (QED) is 0.223. The number of benzene rings is 2. The van der Waals surface area contributed by atoms with Gasteiger partial charge in [-0.05, 0) is 29.2 Å². The molecule has 0 aliphatic carbocycles. The van der Waals surface area contributed by atoms with Crippen LogP contribution < -0.4 is 10.1 Å². The van der Waals surface area contributed by atoms with Crippen LogP contribution in [0.15, 0.2) is 60.7 Å². The molecule has 0 saturated heterocycles. The van der Waals surface area contributed by atoms with E-state index < -0.39 is 16.6 Å². The summed E-state index contributed by atoms with van der Waals surface area (Å²) in [5.74, 6) is -0.660. The topological polar surface area (TPSA) is 94.4 Å². The minimum Gasteiger partial charge on any atom is -0.444 e. The van der Waals surface area contributed by atoms with Crippen LogP contribution in [0.3, 0.4) is 0 Å². The van der Waals surface area contributed by atoms with Crippen LogP contribution in [0.5, 0.6) is 10.8 Å². The van der Waals surface area contributed by atoms with Gasteiger partial charge in [0.1, 0.15) is 17.3 Å². The molecule has 0 atom stereocenters. The molecule has 0 bridgehead atoms. The van der Waals surface area contributed by atoms with Crippen LogP contribution in [0.4, 0.5) is 14.5 Å². The standard InChI is InChI=1S/C24H20FN3O4S2/c1-24(2,3)15-9-7-14(8-10-15)20-22(32-17-6-4-5-16(25)13-17)34-23(26-20)27-21(29)18-11-12-19(33-18)28(30)31/h4-13H,1-3H3,(H,26,27,29). The molecule has 174 valence electrons. The largest absolute Gasteiger partial charge is 0.444 e. The lowest BCUT2D eigenvalue weighted by Crippen LogP contribution is -2.10. The van der Waals surface area contributed by atoms with Crippen LogP contribution >= 0.6 is 22.7 Å². The number of halogens is 1. The molecule has 4 rings (SSSR count). The number of anilines is 1. The fraction of sp³-hybridized carbons (Fsp3) is 0.167. The summed E-state index contributed by atoms with van der Waals surface area (Å²) < 4.78 is 19.6. The van der Waals surface area contributed by atoms with Crippen molar-refractivity contribution in [3.63, 3.8) is 0 Å². The molecule has 2 aromatic carbocycles. The van der Waals surface area contributed by atoms with Crippen molar-refractivity contribution in [2.45, 2.75) is 26.2 Å². The van der Waals surface area contributed by atoms with Gasteiger partial charge in [-0.2, -0.15) is 0 Å². The van der Waals surface area contributed by atoms with Crippen LogP contribution in [0.2, 0.25) is 0 Å². The third kappa shape index (κ3) is 5.29. The van der Waals surface area contributed by atoms with Gasteiger partial charge in [0.25, 0.3) is 5.91 Å². The van der Waals surface area contributed by atoms with E-state index in [4.69, 9.17) is 4.74 Å². The third-order valence-corrected chi connectivity index (χ3v) is 6.73. The number of hydrogen-bond acceptors (Lipinski definition) is 7. The predicted octanol–water partition coefficient (Wildman–Crippen LogP) is 7.26. The summed E-state index contributed by atoms with van der Waals surface area (Å²) in [6, 6.07) is 16.3. The number of rotatable bonds is 6. The Morgan fingerprint density at radius 2 is 1.82 bits per heavy atom. The molecule has 0 fully saturated rings. The highest BCUT2D eigenvalue weighted by atomic mass is 32.1. The molecule has 2 heterocycles. The Bertz CT molecular complexity index is 1360. The van der Waals surface area contributed by atoms with Crippen molar-refractivity contribution in [1.82, 2.24) is 4.98 Å². The molecule has 0 saturated carbocycles. The molecule has 0 radical (unpaired) electrons. The van der Waals surface area contributed by atoms with Gasteiger partial charge < -0.3 is 4.74 Å². The van der Waals surface area contributed by atoms with E-state index in [2.05, 4.69) is 31.1 Å². The lowest BCUT2D eigenvalue weighted by Gasteiger charge is -2.19. The average Bonchev–Trinajstić information content (AvgIpc) is 3.41. The van der Waals surface area contributed by atoms with Crippen molar-refractivity contribution in [3.8, 4) is 22.1 Å². The van der Waals surface area contributed by atoms with Gasteiger partial charge in [0, 0.05) is 17.7 Å². The van der Waals surface area contributed by atoms with E-state index in [0.717, 1.165) is 33.8 Å². The lowest BCUT2D eigenvalue weighted by molar-refractivity contribution is -0.380. The summed E-state index contributed by atoms with van der Waals surface area (Å²) in [4.78, 5) is 27.7. The zero-order chi connectivity index (χ0) is 24.5. The molecule has 0 unspecified atom stereocenters. The Hall–Kier alpha value is -3.63. The maximum atomic E-state index is 13.7. The Morgan fingerprint density at radius 1 is 1.09 bits per heavy atom. The Labute approximate surface area is 203 Å². The van der Waals surface area contributed by atoms with E-state index in [9.17, 15) is 19.3 Å². The minimum atomic E-state index is -0.546. The smallest absolute Gasteiger partial charge is 0.324 e. The Balaban J connectivity index is 1.67. The van der Waals surface area contributed by atoms with Crippen LogP contribution in [-0.2, 0) is 5.41 Å². The summed E-state index contributed by atoms with van der Waals surface area (Å²) in [6.45, 7) is 6.35. The number of nitro groups is 1. The monoisotopic (exact) mass is 497 g/mol. The van der Waals surface area contributed by atoms with Crippen molar-refractivity contribution in [2.24, 2.45) is 0 Å². The first kappa shape index (κ1) is 23.5. The van der Waals surface area contributed by atoms with E-state index in [1.54, 1.807) is 6.07 Å². The molecule has 2 aromatic heterocycles. The van der Waals surface area contributed by atoms with Crippen molar-refractivity contribution in [3.05, 3.63) is 87.0 Å². The molecule has 1 N–H and O–H groups in total. The minimum absolute atomic E-state index is 0.0239. The molecule has 7 nitrogen and oxygen atoms in total. The average molecular weight is 498 g/mol. The first-order valence-corrected chi connectivity index (χ1v) is 11.8. The van der Waals surface area contributed by atoms with Crippen LogP contribution in [0.1, 0.15) is 36.0 Å². The van der Waals surface area contributed by atoms with E-state index in [1.807, 2.05) is 24.3 Å². The van der Waals surface area contributed by atoms with Gasteiger partial charge in [0.05, 0.1) is 9.80 Å². The van der Waals surface area contributed by atoms with Crippen molar-refractivity contribution in [1.29, 1.82) is 0 Å². The number of thiazole rings is 1. The van der Waals surface area contributed by atoms with Crippen molar-refractivity contribution >= 4 is 38.7 Å². The Morgan fingerprint density at radius 3 is 2.44 bits per heavy atom. The first-order chi connectivity index (χ1) is 16.1. The number of carbonyl (C=O) groups excluding carboxylic acids is 1. The van der Waals surface area contributed by atoms with Gasteiger partial charge in [-0.1, -0.05) is 73.8 Å². The number of carbonyl (C=O) groups is 1. The van der Waals surface area contributed by atoms with Gasteiger partial charge in [0.2, 0.25) is 5.06 Å². The molecule has 0 aliphatic rings. The second-order valence-electron chi connectivity index (χ2n) is 8.39. The molecular formula is C24H20FN3O4S2. The van der Waals surface area contributed by atoms with Gasteiger partial charge in [-0.3, -0.25) is 20.2 Å². The van der Waals surface area contributed by atoms with Crippen LogP contribution in [-0.4, -0.2) is 15.8 Å². The highest BCUT2D eigenvalue weighted by Crippen LogP contribution is 2.41. The zero-order valence-corrected chi connectivity index (χ0v) is 20.1. The number of ether oxygens (including phenoxy) is 1. The van der Waals surface area contributed by atoms with Crippen LogP contribution in [0.25, 0.3) is 11.3 Å². The summed E-state index contributed by atoms with van der Waals surface area (Å²) in [7, 11) is 0. The highest BCUT2D eigenvalue weighted by molar-refractivity contribution is 7.19. The zero-order valence-electron chi connectivity index (χ0n) is 18.5. The number of thiophene rings is 1. The molecule has 0 aliphatic heterocycles. The maximum Gasteiger partial charge on any atom is 0.324 e. The van der Waals surface area contributed by atoms with E-state index in [1.165, 1.54) is 30.3 Å². The fourth-order valence-electron chi connectivity index (χ4n) is 3.08. The third-order valence-electron chi connectivity index (χ3n) is 4.84. The highest BCUT2D eigenvalue weighted by Gasteiger charge is 2.21.